The average Bonchev–Trinajstić information content (AvgIpc) is 2.88. The third kappa shape index (κ3) is 3.37. The molecule has 0 saturated heterocycles. The SMILES string of the molecule is CCOc1cc(C=C2C(=O)N(c3ccccc3)N=C2C)cc(Cl)c1O. The van der Waals surface area contributed by atoms with Crippen molar-refractivity contribution in [3.8, 4) is 11.5 Å². The molecule has 0 aromatic heterocycles. The number of phenolic OH excluding ortho intramolecular Hbond substituents is 1. The zero-order valence-corrected chi connectivity index (χ0v) is 14.6. The highest BCUT2D eigenvalue weighted by Gasteiger charge is 2.28. The van der Waals surface area contributed by atoms with Crippen LogP contribution in [0.25, 0.3) is 6.08 Å². The lowest BCUT2D eigenvalue weighted by atomic mass is 10.1. The molecule has 0 aliphatic carbocycles. The van der Waals surface area contributed by atoms with E-state index in [0.717, 1.165) is 0 Å². The van der Waals surface area contributed by atoms with Gasteiger partial charge in [0.1, 0.15) is 0 Å². The molecule has 1 N–H and O–H groups in total. The molecule has 6 heteroatoms. The van der Waals surface area contributed by atoms with Gasteiger partial charge in [0.2, 0.25) is 0 Å². The zero-order chi connectivity index (χ0) is 18.0. The van der Waals surface area contributed by atoms with Gasteiger partial charge in [-0.15, -0.1) is 0 Å². The van der Waals surface area contributed by atoms with E-state index in [0.29, 0.717) is 29.1 Å². The van der Waals surface area contributed by atoms with E-state index in [2.05, 4.69) is 5.10 Å². The number of hydrazone groups is 1. The molecule has 0 saturated carbocycles. The smallest absolute Gasteiger partial charge is 0.280 e. The van der Waals surface area contributed by atoms with Crippen LogP contribution in [-0.4, -0.2) is 23.3 Å². The second kappa shape index (κ2) is 6.99. The second-order valence-electron chi connectivity index (χ2n) is 5.48. The lowest BCUT2D eigenvalue weighted by molar-refractivity contribution is -0.114. The van der Waals surface area contributed by atoms with Crippen LogP contribution in [0.3, 0.4) is 0 Å². The van der Waals surface area contributed by atoms with E-state index in [1.165, 1.54) is 5.01 Å². The molecule has 1 heterocycles. The van der Waals surface area contributed by atoms with Crippen molar-refractivity contribution in [2.24, 2.45) is 5.10 Å². The number of nitrogens with zero attached hydrogens (tertiary/aromatic N) is 2. The maximum absolute atomic E-state index is 12.7. The van der Waals surface area contributed by atoms with Gasteiger partial charge in [0, 0.05) is 0 Å². The molecule has 25 heavy (non-hydrogen) atoms. The number of para-hydroxylation sites is 1. The first-order valence-electron chi connectivity index (χ1n) is 7.83. The standard InChI is InChI=1S/C19H17ClN2O3/c1-3-25-17-11-13(10-16(20)18(17)23)9-15-12(2)21-22(19(15)24)14-7-5-4-6-8-14/h4-11,23H,3H2,1-2H3. The minimum Gasteiger partial charge on any atom is -0.503 e. The van der Waals surface area contributed by atoms with Gasteiger partial charge in [-0.25, -0.2) is 0 Å². The van der Waals surface area contributed by atoms with Gasteiger partial charge in [0.15, 0.2) is 11.5 Å². The lowest BCUT2D eigenvalue weighted by Crippen LogP contribution is -2.21. The largest absolute Gasteiger partial charge is 0.503 e. The Morgan fingerprint density at radius 2 is 2.00 bits per heavy atom. The molecule has 3 rings (SSSR count). The van der Waals surface area contributed by atoms with Gasteiger partial charge in [-0.2, -0.15) is 10.1 Å². The monoisotopic (exact) mass is 356 g/mol. The molecule has 2 aromatic carbocycles. The van der Waals surface area contributed by atoms with Crippen molar-refractivity contribution in [2.75, 3.05) is 11.6 Å². The Kier molecular flexibility index (Phi) is 4.76. The first-order chi connectivity index (χ1) is 12.0. The number of phenols is 1. The number of ether oxygens (including phenoxy) is 1. The van der Waals surface area contributed by atoms with Crippen LogP contribution in [0, 0.1) is 0 Å². The van der Waals surface area contributed by atoms with Crippen LogP contribution in [0.5, 0.6) is 11.5 Å². The number of amides is 1. The average molecular weight is 357 g/mol. The first-order valence-corrected chi connectivity index (χ1v) is 8.21. The Bertz CT molecular complexity index is 876. The molecule has 0 unspecified atom stereocenters. The number of halogens is 1. The lowest BCUT2D eigenvalue weighted by Gasteiger charge is -2.11. The molecule has 2 aromatic rings. The molecular formula is C19H17ClN2O3. The Morgan fingerprint density at radius 1 is 1.28 bits per heavy atom. The van der Waals surface area contributed by atoms with E-state index in [-0.39, 0.29) is 22.4 Å². The molecule has 1 amide bonds. The minimum atomic E-state index is -0.217. The fraction of sp³-hybridized carbons (Fsp3) is 0.158. The summed E-state index contributed by atoms with van der Waals surface area (Å²) in [7, 11) is 0. The summed E-state index contributed by atoms with van der Waals surface area (Å²) < 4.78 is 5.38. The Hall–Kier alpha value is -2.79. The van der Waals surface area contributed by atoms with E-state index in [4.69, 9.17) is 16.3 Å². The normalized spacial score (nSPS) is 15.6. The van der Waals surface area contributed by atoms with Gasteiger partial charge in [0.05, 0.1) is 28.6 Å². The summed E-state index contributed by atoms with van der Waals surface area (Å²) in [6.45, 7) is 3.98. The molecule has 0 atom stereocenters. The van der Waals surface area contributed by atoms with Crippen molar-refractivity contribution in [1.82, 2.24) is 0 Å². The van der Waals surface area contributed by atoms with Crippen LogP contribution in [0.15, 0.2) is 53.1 Å². The number of hydrogen-bond acceptors (Lipinski definition) is 4. The van der Waals surface area contributed by atoms with E-state index in [1.807, 2.05) is 37.3 Å². The topological polar surface area (TPSA) is 62.1 Å². The fourth-order valence-electron chi connectivity index (χ4n) is 2.54. The van der Waals surface area contributed by atoms with Gasteiger partial charge in [-0.05, 0) is 49.8 Å². The quantitative estimate of drug-likeness (QED) is 0.833. The van der Waals surface area contributed by atoms with Crippen molar-refractivity contribution >= 4 is 35.0 Å². The maximum Gasteiger partial charge on any atom is 0.280 e. The summed E-state index contributed by atoms with van der Waals surface area (Å²) in [5, 5.41) is 15.8. The van der Waals surface area contributed by atoms with Crippen molar-refractivity contribution < 1.29 is 14.6 Å². The van der Waals surface area contributed by atoms with Crippen LogP contribution < -0.4 is 9.75 Å². The van der Waals surface area contributed by atoms with Gasteiger partial charge < -0.3 is 9.84 Å². The van der Waals surface area contributed by atoms with E-state index < -0.39 is 0 Å². The van der Waals surface area contributed by atoms with E-state index in [1.54, 1.807) is 25.1 Å². The highest BCUT2D eigenvalue weighted by molar-refractivity contribution is 6.33. The number of hydrogen-bond donors (Lipinski definition) is 1. The van der Waals surface area contributed by atoms with Crippen molar-refractivity contribution in [1.29, 1.82) is 0 Å². The first kappa shape index (κ1) is 17.0. The molecule has 128 valence electrons. The number of aromatic hydroxyl groups is 1. The van der Waals surface area contributed by atoms with Crippen LogP contribution in [0.1, 0.15) is 19.4 Å². The molecular weight excluding hydrogens is 340 g/mol. The predicted octanol–water partition coefficient (Wildman–Crippen LogP) is 4.25. The third-order valence-electron chi connectivity index (χ3n) is 3.72. The molecule has 0 fully saturated rings. The number of carbonyl (C=O) groups excluding carboxylic acids is 1. The molecule has 1 aliphatic rings. The van der Waals surface area contributed by atoms with Gasteiger partial charge in [0.25, 0.3) is 5.91 Å². The van der Waals surface area contributed by atoms with Crippen LogP contribution in [0.4, 0.5) is 5.69 Å². The van der Waals surface area contributed by atoms with Crippen molar-refractivity contribution in [2.45, 2.75) is 13.8 Å². The number of rotatable bonds is 4. The predicted molar refractivity (Wildman–Crippen MR) is 99.3 cm³/mol. The summed E-state index contributed by atoms with van der Waals surface area (Å²) in [5.41, 5.74) is 2.43. The maximum atomic E-state index is 12.7. The van der Waals surface area contributed by atoms with Gasteiger partial charge >= 0.3 is 0 Å². The molecule has 0 spiro atoms. The van der Waals surface area contributed by atoms with Crippen LogP contribution >= 0.6 is 11.6 Å². The summed E-state index contributed by atoms with van der Waals surface area (Å²) in [6.07, 6.45) is 1.69. The second-order valence-corrected chi connectivity index (χ2v) is 5.89. The summed E-state index contributed by atoms with van der Waals surface area (Å²) in [6, 6.07) is 12.4. The number of benzene rings is 2. The highest BCUT2D eigenvalue weighted by atomic mass is 35.5. The summed E-state index contributed by atoms with van der Waals surface area (Å²) in [5.74, 6) is -0.0487. The summed E-state index contributed by atoms with van der Waals surface area (Å²) >= 11 is 6.05. The minimum absolute atomic E-state index is 0.111. The Balaban J connectivity index is 1.97. The van der Waals surface area contributed by atoms with Gasteiger partial charge in [-0.1, -0.05) is 29.8 Å². The van der Waals surface area contributed by atoms with E-state index >= 15 is 0 Å². The highest BCUT2D eigenvalue weighted by Crippen LogP contribution is 2.36. The number of anilines is 1. The van der Waals surface area contributed by atoms with Gasteiger partial charge in [-0.3, -0.25) is 4.79 Å². The molecule has 0 bridgehead atoms. The Labute approximate surface area is 150 Å². The molecule has 1 aliphatic heterocycles. The fourth-order valence-corrected chi connectivity index (χ4v) is 2.76. The summed E-state index contributed by atoms with van der Waals surface area (Å²) in [4.78, 5) is 12.7. The number of carbonyl (C=O) groups is 1. The van der Waals surface area contributed by atoms with Crippen LogP contribution in [0.2, 0.25) is 5.02 Å². The van der Waals surface area contributed by atoms with Crippen LogP contribution in [-0.2, 0) is 4.79 Å². The Morgan fingerprint density at radius 3 is 2.68 bits per heavy atom. The van der Waals surface area contributed by atoms with Crippen molar-refractivity contribution in [3.05, 3.63) is 58.6 Å². The third-order valence-corrected chi connectivity index (χ3v) is 4.01. The van der Waals surface area contributed by atoms with E-state index in [9.17, 15) is 9.90 Å². The molecule has 5 nitrogen and oxygen atoms in total. The zero-order valence-electron chi connectivity index (χ0n) is 13.9. The van der Waals surface area contributed by atoms with Crippen molar-refractivity contribution in [3.63, 3.8) is 0 Å². The molecule has 0 radical (unpaired) electrons.